The summed E-state index contributed by atoms with van der Waals surface area (Å²) in [4.78, 5) is 2.38. The van der Waals surface area contributed by atoms with Gasteiger partial charge in [0.25, 0.3) is 0 Å². The Morgan fingerprint density at radius 2 is 2.00 bits per heavy atom. The maximum Gasteiger partial charge on any atom is 0.246 e. The number of aryl methyl sites for hydroxylation is 1. The molecule has 3 rings (SSSR count). The number of hydrogen-bond donors (Lipinski definition) is 0. The first-order chi connectivity index (χ1) is 12.9. The van der Waals surface area contributed by atoms with Gasteiger partial charge in [0, 0.05) is 13.6 Å². The Bertz CT molecular complexity index is 914. The van der Waals surface area contributed by atoms with Crippen molar-refractivity contribution in [3.63, 3.8) is 0 Å². The summed E-state index contributed by atoms with van der Waals surface area (Å²) in [5.74, 6) is 1.13. The van der Waals surface area contributed by atoms with Crippen LogP contribution < -0.4 is 14.4 Å². The van der Waals surface area contributed by atoms with Gasteiger partial charge in [0.2, 0.25) is 10.0 Å². The predicted octanol–water partition coefficient (Wildman–Crippen LogP) is 2.91. The number of ether oxygens (including phenoxy) is 2. The molecule has 0 saturated carbocycles. The van der Waals surface area contributed by atoms with Crippen LogP contribution in [0.25, 0.3) is 0 Å². The number of anilines is 1. The van der Waals surface area contributed by atoms with Gasteiger partial charge < -0.3 is 14.4 Å². The Labute approximate surface area is 161 Å². The van der Waals surface area contributed by atoms with E-state index < -0.39 is 10.0 Å². The second kappa shape index (κ2) is 7.78. The Morgan fingerprint density at radius 3 is 2.70 bits per heavy atom. The zero-order chi connectivity index (χ0) is 19.6. The Hall–Kier alpha value is -2.25. The fourth-order valence-corrected chi connectivity index (χ4v) is 4.75. The van der Waals surface area contributed by atoms with E-state index >= 15 is 0 Å². The second-order valence-electron chi connectivity index (χ2n) is 6.69. The highest BCUT2D eigenvalue weighted by Crippen LogP contribution is 2.33. The summed E-state index contributed by atoms with van der Waals surface area (Å²) in [5, 5.41) is 0. The molecule has 1 aliphatic heterocycles. The highest BCUT2D eigenvalue weighted by Gasteiger charge is 2.31. The van der Waals surface area contributed by atoms with Gasteiger partial charge in [-0.1, -0.05) is 18.2 Å². The molecule has 0 saturated heterocycles. The molecule has 0 bridgehead atoms. The van der Waals surface area contributed by atoms with Crippen LogP contribution in [0.15, 0.2) is 47.4 Å². The largest absolute Gasteiger partial charge is 0.495 e. The summed E-state index contributed by atoms with van der Waals surface area (Å²) in [6.07, 6.45) is -0.254. The molecule has 0 N–H and O–H groups in total. The minimum Gasteiger partial charge on any atom is -0.495 e. The molecule has 27 heavy (non-hydrogen) atoms. The summed E-state index contributed by atoms with van der Waals surface area (Å²) in [5.41, 5.74) is 1.91. The van der Waals surface area contributed by atoms with Crippen molar-refractivity contribution < 1.29 is 17.9 Å². The number of rotatable bonds is 6. The van der Waals surface area contributed by atoms with Crippen LogP contribution in [0.5, 0.6) is 11.5 Å². The molecule has 1 heterocycles. The molecule has 6 nitrogen and oxygen atoms in total. The van der Waals surface area contributed by atoms with Gasteiger partial charge in [0.1, 0.15) is 22.5 Å². The molecule has 0 aliphatic carbocycles. The van der Waals surface area contributed by atoms with Crippen LogP contribution in [0.1, 0.15) is 12.5 Å². The summed E-state index contributed by atoms with van der Waals surface area (Å²) >= 11 is 0. The van der Waals surface area contributed by atoms with Gasteiger partial charge in [0.05, 0.1) is 25.9 Å². The van der Waals surface area contributed by atoms with Crippen LogP contribution in [-0.2, 0) is 10.0 Å². The van der Waals surface area contributed by atoms with Crippen LogP contribution in [-0.4, -0.2) is 52.6 Å². The molecular formula is C20H26N2O4S. The van der Waals surface area contributed by atoms with Crippen molar-refractivity contribution in [2.24, 2.45) is 0 Å². The van der Waals surface area contributed by atoms with E-state index in [9.17, 15) is 8.42 Å². The van der Waals surface area contributed by atoms with Gasteiger partial charge >= 0.3 is 0 Å². The van der Waals surface area contributed by atoms with Crippen molar-refractivity contribution in [1.29, 1.82) is 0 Å². The Balaban J connectivity index is 1.83. The third kappa shape index (κ3) is 3.89. The normalized spacial score (nSPS) is 16.8. The standard InChI is InChI=1S/C20H26N2O4S/c1-5-22-14-16(26-18-9-7-6-8-17(18)22)13-21(3)27(23,24)20-12-15(2)10-11-19(20)25-4/h6-12,16H,5,13-14H2,1-4H3/t16-/m0/s1. The predicted molar refractivity (Wildman–Crippen MR) is 106 cm³/mol. The van der Waals surface area contributed by atoms with E-state index in [1.54, 1.807) is 19.2 Å². The fraction of sp³-hybridized carbons (Fsp3) is 0.400. The van der Waals surface area contributed by atoms with Crippen LogP contribution in [0.4, 0.5) is 5.69 Å². The molecule has 7 heteroatoms. The number of methoxy groups -OCH3 is 1. The Kier molecular flexibility index (Phi) is 5.62. The maximum atomic E-state index is 13.1. The highest BCUT2D eigenvalue weighted by atomic mass is 32.2. The summed E-state index contributed by atoms with van der Waals surface area (Å²) in [7, 11) is -0.639. The summed E-state index contributed by atoms with van der Waals surface area (Å²) < 4.78 is 38.9. The summed E-state index contributed by atoms with van der Waals surface area (Å²) in [6, 6.07) is 13.0. The molecule has 1 atom stereocenters. The molecule has 0 radical (unpaired) electrons. The lowest BCUT2D eigenvalue weighted by Gasteiger charge is -2.37. The SMILES string of the molecule is CCN1C[C@H](CN(C)S(=O)(=O)c2cc(C)ccc2OC)Oc2ccccc21. The molecule has 0 unspecified atom stereocenters. The van der Waals surface area contributed by atoms with Gasteiger partial charge in [-0.2, -0.15) is 4.31 Å². The van der Waals surface area contributed by atoms with Gasteiger partial charge in [-0.15, -0.1) is 0 Å². The third-order valence-electron chi connectivity index (χ3n) is 4.77. The van der Waals surface area contributed by atoms with Crippen molar-refractivity contribution >= 4 is 15.7 Å². The first kappa shape index (κ1) is 19.5. The Morgan fingerprint density at radius 1 is 1.26 bits per heavy atom. The smallest absolute Gasteiger partial charge is 0.246 e. The quantitative estimate of drug-likeness (QED) is 0.759. The van der Waals surface area contributed by atoms with E-state index in [-0.39, 0.29) is 17.5 Å². The number of hydrogen-bond acceptors (Lipinski definition) is 5. The number of nitrogens with zero attached hydrogens (tertiary/aromatic N) is 2. The third-order valence-corrected chi connectivity index (χ3v) is 6.62. The van der Waals surface area contributed by atoms with Crippen LogP contribution in [0.3, 0.4) is 0 Å². The van der Waals surface area contributed by atoms with Crippen molar-refractivity contribution in [2.75, 3.05) is 38.7 Å². The minimum absolute atomic E-state index is 0.177. The molecule has 0 amide bonds. The van der Waals surface area contributed by atoms with E-state index in [0.717, 1.165) is 23.5 Å². The zero-order valence-corrected chi connectivity index (χ0v) is 17.0. The molecule has 0 aromatic heterocycles. The van der Waals surface area contributed by atoms with Gasteiger partial charge in [-0.25, -0.2) is 8.42 Å². The van der Waals surface area contributed by atoms with E-state index in [0.29, 0.717) is 12.3 Å². The number of fused-ring (bicyclic) bond motifs is 1. The molecular weight excluding hydrogens is 364 g/mol. The average Bonchev–Trinajstić information content (AvgIpc) is 2.67. The van der Waals surface area contributed by atoms with Crippen LogP contribution in [0, 0.1) is 6.92 Å². The topological polar surface area (TPSA) is 59.1 Å². The van der Waals surface area contributed by atoms with Gasteiger partial charge in [-0.3, -0.25) is 0 Å². The van der Waals surface area contributed by atoms with Gasteiger partial charge in [0.15, 0.2) is 0 Å². The average molecular weight is 391 g/mol. The highest BCUT2D eigenvalue weighted by molar-refractivity contribution is 7.89. The number of sulfonamides is 1. The van der Waals surface area contributed by atoms with Crippen LogP contribution >= 0.6 is 0 Å². The van der Waals surface area contributed by atoms with Crippen molar-refractivity contribution in [3.8, 4) is 11.5 Å². The van der Waals surface area contributed by atoms with Gasteiger partial charge in [-0.05, 0) is 43.7 Å². The lowest BCUT2D eigenvalue weighted by molar-refractivity contribution is 0.171. The van der Waals surface area contributed by atoms with Crippen molar-refractivity contribution in [3.05, 3.63) is 48.0 Å². The molecule has 2 aromatic rings. The lowest BCUT2D eigenvalue weighted by Crippen LogP contribution is -2.46. The van der Waals surface area contributed by atoms with Crippen molar-refractivity contribution in [1.82, 2.24) is 4.31 Å². The fourth-order valence-electron chi connectivity index (χ4n) is 3.31. The minimum atomic E-state index is -3.70. The number of para-hydroxylation sites is 2. The first-order valence-electron chi connectivity index (χ1n) is 8.98. The maximum absolute atomic E-state index is 13.1. The first-order valence-corrected chi connectivity index (χ1v) is 10.4. The molecule has 2 aromatic carbocycles. The molecule has 146 valence electrons. The lowest BCUT2D eigenvalue weighted by atomic mass is 10.2. The molecule has 0 spiro atoms. The van der Waals surface area contributed by atoms with E-state index in [2.05, 4.69) is 11.8 Å². The van der Waals surface area contributed by atoms with Crippen LogP contribution in [0.2, 0.25) is 0 Å². The monoisotopic (exact) mass is 390 g/mol. The van der Waals surface area contributed by atoms with E-state index in [1.807, 2.05) is 37.3 Å². The number of likely N-dealkylation sites (N-methyl/N-ethyl adjacent to an activating group) is 2. The molecule has 0 fully saturated rings. The summed E-state index contributed by atoms with van der Waals surface area (Å²) in [6.45, 7) is 5.66. The molecule has 1 aliphatic rings. The van der Waals surface area contributed by atoms with Crippen molar-refractivity contribution in [2.45, 2.75) is 24.8 Å². The number of benzene rings is 2. The second-order valence-corrected chi connectivity index (χ2v) is 8.70. The van der Waals surface area contributed by atoms with E-state index in [4.69, 9.17) is 9.47 Å². The van der Waals surface area contributed by atoms with E-state index in [1.165, 1.54) is 11.4 Å². The zero-order valence-electron chi connectivity index (χ0n) is 16.2.